The summed E-state index contributed by atoms with van der Waals surface area (Å²) in [5, 5.41) is 7.65. The number of aromatic amines is 1. The number of hydrogen-bond donors (Lipinski definition) is 1. The summed E-state index contributed by atoms with van der Waals surface area (Å²) in [6.45, 7) is 0. The predicted molar refractivity (Wildman–Crippen MR) is 111 cm³/mol. The first-order valence-corrected chi connectivity index (χ1v) is 9.88. The Morgan fingerprint density at radius 3 is 2.21 bits per heavy atom. The first-order chi connectivity index (χ1) is 14.0. The number of aromatic nitrogens is 2. The fourth-order valence-corrected chi connectivity index (χ4v) is 4.12. The van der Waals surface area contributed by atoms with Crippen LogP contribution in [0.15, 0.2) is 59.1 Å². The highest BCUT2D eigenvalue weighted by atomic mass is 79.9. The molecule has 0 aliphatic heterocycles. The Morgan fingerprint density at radius 1 is 1.00 bits per heavy atom. The minimum Gasteiger partial charge on any atom is -0.468 e. The van der Waals surface area contributed by atoms with Crippen molar-refractivity contribution in [1.29, 1.82) is 0 Å². The Kier molecular flexibility index (Phi) is 5.00. The Balaban J connectivity index is 1.89. The third kappa shape index (κ3) is 3.15. The molecule has 1 aliphatic rings. The Labute approximate surface area is 176 Å². The molecule has 1 saturated carbocycles. The molecule has 1 aliphatic carbocycles. The lowest BCUT2D eigenvalue weighted by molar-refractivity contribution is -0.161. The minimum absolute atomic E-state index is 0.315. The number of benzene rings is 2. The number of nitrogens with zero attached hydrogens (tertiary/aromatic N) is 1. The number of esters is 2. The number of ether oxygens (including phenoxy) is 2. The smallest absolute Gasteiger partial charge is 0.323 e. The van der Waals surface area contributed by atoms with E-state index in [0.717, 1.165) is 26.9 Å². The maximum absolute atomic E-state index is 12.6. The largest absolute Gasteiger partial charge is 0.468 e. The van der Waals surface area contributed by atoms with E-state index >= 15 is 0 Å². The average molecular weight is 455 g/mol. The van der Waals surface area contributed by atoms with Gasteiger partial charge in [-0.25, -0.2) is 0 Å². The summed E-state index contributed by atoms with van der Waals surface area (Å²) >= 11 is 3.45. The Morgan fingerprint density at radius 2 is 1.62 bits per heavy atom. The van der Waals surface area contributed by atoms with Crippen molar-refractivity contribution in [2.24, 2.45) is 5.41 Å². The van der Waals surface area contributed by atoms with Crippen LogP contribution in [0.25, 0.3) is 22.5 Å². The van der Waals surface area contributed by atoms with Crippen molar-refractivity contribution in [2.75, 3.05) is 14.2 Å². The molecule has 1 unspecified atom stereocenters. The number of hydrogen-bond acceptors (Lipinski definition) is 5. The molecule has 3 aromatic rings. The first-order valence-electron chi connectivity index (χ1n) is 9.09. The molecule has 1 atom stereocenters. The number of nitrogens with one attached hydrogen (secondary N) is 1. The molecule has 29 heavy (non-hydrogen) atoms. The molecular formula is C22H19BrN2O4. The highest BCUT2D eigenvalue weighted by Crippen LogP contribution is 2.63. The number of rotatable bonds is 5. The molecule has 2 aromatic carbocycles. The van der Waals surface area contributed by atoms with E-state index in [2.05, 4.69) is 26.1 Å². The van der Waals surface area contributed by atoms with E-state index in [1.54, 1.807) is 0 Å². The second-order valence-electron chi connectivity index (χ2n) is 6.95. The zero-order valence-electron chi connectivity index (χ0n) is 15.9. The summed E-state index contributed by atoms with van der Waals surface area (Å²) in [7, 11) is 2.57. The Bertz CT molecular complexity index is 1040. The molecule has 7 heteroatoms. The normalized spacial score (nSPS) is 16.9. The van der Waals surface area contributed by atoms with Crippen LogP contribution < -0.4 is 0 Å². The van der Waals surface area contributed by atoms with Crippen molar-refractivity contribution in [3.8, 4) is 22.5 Å². The van der Waals surface area contributed by atoms with Crippen LogP contribution in [0.3, 0.4) is 0 Å². The van der Waals surface area contributed by atoms with E-state index in [1.807, 2.05) is 54.6 Å². The van der Waals surface area contributed by atoms with Crippen LogP contribution in [0, 0.1) is 5.41 Å². The molecule has 0 spiro atoms. The summed E-state index contributed by atoms with van der Waals surface area (Å²) < 4.78 is 10.9. The first kappa shape index (κ1) is 19.4. The average Bonchev–Trinajstić information content (AvgIpc) is 3.36. The highest BCUT2D eigenvalue weighted by molar-refractivity contribution is 9.10. The third-order valence-electron chi connectivity index (χ3n) is 5.39. The van der Waals surface area contributed by atoms with Gasteiger partial charge in [0, 0.05) is 21.5 Å². The lowest BCUT2D eigenvalue weighted by atomic mass is 9.93. The van der Waals surface area contributed by atoms with E-state index in [0.29, 0.717) is 12.1 Å². The van der Waals surface area contributed by atoms with Gasteiger partial charge in [-0.15, -0.1) is 0 Å². The molecule has 148 valence electrons. The highest BCUT2D eigenvalue weighted by Gasteiger charge is 2.69. The summed E-state index contributed by atoms with van der Waals surface area (Å²) in [4.78, 5) is 25.2. The molecule has 0 bridgehead atoms. The number of halogens is 1. The molecule has 1 heterocycles. The van der Waals surface area contributed by atoms with Crippen LogP contribution >= 0.6 is 15.9 Å². The number of methoxy groups -OCH3 is 2. The van der Waals surface area contributed by atoms with Crippen molar-refractivity contribution in [1.82, 2.24) is 10.2 Å². The van der Waals surface area contributed by atoms with Crippen molar-refractivity contribution in [3.63, 3.8) is 0 Å². The van der Waals surface area contributed by atoms with Crippen molar-refractivity contribution in [2.45, 2.75) is 12.3 Å². The predicted octanol–water partition coefficient (Wildman–Crippen LogP) is 4.33. The van der Waals surface area contributed by atoms with Crippen LogP contribution in [0.4, 0.5) is 0 Å². The summed E-state index contributed by atoms with van der Waals surface area (Å²) in [6.07, 6.45) is 0.315. The molecule has 0 amide bonds. The van der Waals surface area contributed by atoms with Crippen molar-refractivity contribution < 1.29 is 19.1 Å². The van der Waals surface area contributed by atoms with Crippen molar-refractivity contribution >= 4 is 27.9 Å². The van der Waals surface area contributed by atoms with Crippen LogP contribution in [0.5, 0.6) is 0 Å². The van der Waals surface area contributed by atoms with Gasteiger partial charge in [-0.05, 0) is 24.1 Å². The molecule has 0 saturated heterocycles. The third-order valence-corrected chi connectivity index (χ3v) is 5.92. The summed E-state index contributed by atoms with van der Waals surface area (Å²) in [5.74, 6) is -1.57. The van der Waals surface area contributed by atoms with E-state index in [-0.39, 0.29) is 0 Å². The summed E-state index contributed by atoms with van der Waals surface area (Å²) in [6, 6.07) is 17.5. The number of H-pyrrole nitrogens is 1. The molecule has 6 nitrogen and oxygen atoms in total. The SMILES string of the molecule is COC(=O)C1(C(=O)OC)CC1c1c(-c2ccccc2)n[nH]c1-c1ccc(Br)cc1. The van der Waals surface area contributed by atoms with Gasteiger partial charge in [0.2, 0.25) is 0 Å². The molecular weight excluding hydrogens is 436 g/mol. The molecule has 1 aromatic heterocycles. The Hall–Kier alpha value is -2.93. The van der Waals surface area contributed by atoms with E-state index in [1.165, 1.54) is 14.2 Å². The standard InChI is InChI=1S/C22H19BrN2O4/c1-28-20(26)22(21(27)29-2)12-16(22)17-18(13-6-4-3-5-7-13)24-25-19(17)14-8-10-15(23)11-9-14/h3-11,16H,12H2,1-2H3,(H,24,25). The molecule has 1 N–H and O–H groups in total. The van der Waals surface area contributed by atoms with E-state index in [4.69, 9.17) is 9.47 Å². The fourth-order valence-electron chi connectivity index (χ4n) is 3.85. The van der Waals surface area contributed by atoms with Crippen LogP contribution in [0.1, 0.15) is 17.9 Å². The number of carbonyl (C=O) groups excluding carboxylic acids is 2. The fraction of sp³-hybridized carbons (Fsp3) is 0.227. The van der Waals surface area contributed by atoms with E-state index < -0.39 is 23.3 Å². The van der Waals surface area contributed by atoms with Crippen LogP contribution in [-0.2, 0) is 19.1 Å². The van der Waals surface area contributed by atoms with Gasteiger partial charge in [-0.2, -0.15) is 5.10 Å². The van der Waals surface area contributed by atoms with Gasteiger partial charge in [0.25, 0.3) is 0 Å². The van der Waals surface area contributed by atoms with Gasteiger partial charge in [0.1, 0.15) is 0 Å². The van der Waals surface area contributed by atoms with Gasteiger partial charge in [-0.3, -0.25) is 14.7 Å². The lowest BCUT2D eigenvalue weighted by Crippen LogP contribution is -2.30. The monoisotopic (exact) mass is 454 g/mol. The van der Waals surface area contributed by atoms with Gasteiger partial charge < -0.3 is 9.47 Å². The second kappa shape index (κ2) is 7.48. The van der Waals surface area contributed by atoms with Gasteiger partial charge in [0.05, 0.1) is 25.6 Å². The zero-order chi connectivity index (χ0) is 20.6. The van der Waals surface area contributed by atoms with Gasteiger partial charge in [0.15, 0.2) is 5.41 Å². The quantitative estimate of drug-likeness (QED) is 0.458. The zero-order valence-corrected chi connectivity index (χ0v) is 17.5. The van der Waals surface area contributed by atoms with E-state index in [9.17, 15) is 9.59 Å². The maximum Gasteiger partial charge on any atom is 0.323 e. The topological polar surface area (TPSA) is 81.3 Å². The lowest BCUT2D eigenvalue weighted by Gasteiger charge is -2.14. The van der Waals surface area contributed by atoms with Gasteiger partial charge >= 0.3 is 11.9 Å². The molecule has 4 rings (SSSR count). The second-order valence-corrected chi connectivity index (χ2v) is 7.86. The maximum atomic E-state index is 12.6. The van der Waals surface area contributed by atoms with Crippen molar-refractivity contribution in [3.05, 3.63) is 64.6 Å². The summed E-state index contributed by atoms with van der Waals surface area (Å²) in [5.41, 5.74) is 2.76. The molecule has 1 fully saturated rings. The minimum atomic E-state index is -1.35. The number of carbonyl (C=O) groups is 2. The molecule has 0 radical (unpaired) electrons. The van der Waals surface area contributed by atoms with Gasteiger partial charge in [-0.1, -0.05) is 58.4 Å². The van der Waals surface area contributed by atoms with Crippen LogP contribution in [0.2, 0.25) is 0 Å². The van der Waals surface area contributed by atoms with Crippen LogP contribution in [-0.4, -0.2) is 36.4 Å².